The van der Waals surface area contributed by atoms with Crippen LogP contribution in [0.5, 0.6) is 0 Å². The third kappa shape index (κ3) is 5.19. The average molecular weight is 246 g/mol. The molecule has 0 aromatic rings. The number of hydrogen-bond donors (Lipinski definition) is 0. The summed E-state index contributed by atoms with van der Waals surface area (Å²) in [7, 11) is 0. The molecular weight excluding hydrogens is 227 g/mol. The van der Waals surface area contributed by atoms with Crippen LogP contribution in [0, 0.1) is 5.41 Å². The molecule has 0 fully saturated rings. The summed E-state index contributed by atoms with van der Waals surface area (Å²) >= 11 is 7.29. The van der Waals surface area contributed by atoms with Crippen molar-refractivity contribution in [3.8, 4) is 0 Å². The summed E-state index contributed by atoms with van der Waals surface area (Å²) < 4.78 is 1.53. The number of rotatable bonds is 1. The van der Waals surface area contributed by atoms with E-state index in [-0.39, 0.29) is 0 Å². The molecule has 0 heterocycles. The van der Waals surface area contributed by atoms with E-state index in [1.165, 1.54) is 9.45 Å². The van der Waals surface area contributed by atoms with Crippen LogP contribution in [-0.4, -0.2) is 5.88 Å². The molecule has 0 atom stereocenters. The van der Waals surface area contributed by atoms with Gasteiger partial charge in [0.05, 0.1) is 0 Å². The van der Waals surface area contributed by atoms with Crippen molar-refractivity contribution in [2.45, 2.75) is 27.2 Å². The predicted octanol–water partition coefficient (Wildman–Crippen LogP) is 4.20. The molecule has 1 aliphatic carbocycles. The van der Waals surface area contributed by atoms with Gasteiger partial charge in [0.15, 0.2) is 0 Å². The fraction of sp³-hybridized carbons (Fsp3) is 0.500. The molecule has 0 spiro atoms. The second-order valence-corrected chi connectivity index (χ2v) is 5.44. The average Bonchev–Trinajstić information content (AvgIpc) is 2.51. The molecule has 0 aromatic carbocycles. The first kappa shape index (κ1) is 14.2. The van der Waals surface area contributed by atoms with E-state index in [0.29, 0.717) is 11.3 Å². The summed E-state index contributed by atoms with van der Waals surface area (Å²) in [4.78, 5) is 0. The summed E-state index contributed by atoms with van der Waals surface area (Å²) in [5.41, 5.74) is 1.87. The number of halogens is 1. The van der Waals surface area contributed by atoms with Gasteiger partial charge in [0.2, 0.25) is 0 Å². The van der Waals surface area contributed by atoms with E-state index in [9.17, 15) is 0 Å². The second-order valence-electron chi connectivity index (χ2n) is 4.19. The van der Waals surface area contributed by atoms with Crippen molar-refractivity contribution in [3.05, 3.63) is 34.3 Å². The molecule has 0 amide bonds. The Morgan fingerprint density at radius 2 is 2.07 bits per heavy atom. The van der Waals surface area contributed by atoms with Crippen molar-refractivity contribution >= 4 is 11.6 Å². The Morgan fingerprint density at radius 3 is 2.21 bits per heavy atom. The SMILES string of the molecule is C=CCCl.CC(C)(C)C1=[C]([Ti])CC=C1. The van der Waals surface area contributed by atoms with Gasteiger partial charge >= 0.3 is 74.6 Å². The van der Waals surface area contributed by atoms with Gasteiger partial charge in [0.1, 0.15) is 0 Å². The van der Waals surface area contributed by atoms with Crippen LogP contribution in [0.1, 0.15) is 27.2 Å². The fourth-order valence-corrected chi connectivity index (χ4v) is 2.11. The molecule has 2 heteroatoms. The Balaban J connectivity index is 0.000000364. The van der Waals surface area contributed by atoms with E-state index in [4.69, 9.17) is 11.6 Å². The van der Waals surface area contributed by atoms with Crippen LogP contribution in [0.4, 0.5) is 0 Å². The normalized spacial score (nSPS) is 15.1. The topological polar surface area (TPSA) is 0 Å². The van der Waals surface area contributed by atoms with E-state index >= 15 is 0 Å². The van der Waals surface area contributed by atoms with Crippen LogP contribution in [-0.2, 0) is 20.4 Å². The summed E-state index contributed by atoms with van der Waals surface area (Å²) in [5, 5.41) is 0. The van der Waals surface area contributed by atoms with Crippen molar-refractivity contribution < 1.29 is 20.4 Å². The van der Waals surface area contributed by atoms with Gasteiger partial charge < -0.3 is 0 Å². The Hall–Kier alpha value is 0.224. The molecule has 0 aromatic heterocycles. The molecule has 1 rings (SSSR count). The summed E-state index contributed by atoms with van der Waals surface area (Å²) in [6.07, 6.45) is 7.30. The number of allylic oxidation sites excluding steroid dienone is 5. The molecule has 0 bridgehead atoms. The van der Waals surface area contributed by atoms with E-state index < -0.39 is 0 Å². The molecule has 14 heavy (non-hydrogen) atoms. The second kappa shape index (κ2) is 6.66. The Bertz CT molecular complexity index is 244. The zero-order chi connectivity index (χ0) is 11.2. The molecule has 0 nitrogen and oxygen atoms in total. The summed E-state index contributed by atoms with van der Waals surface area (Å²) in [5.74, 6) is 0.556. The van der Waals surface area contributed by atoms with Crippen molar-refractivity contribution in [2.24, 2.45) is 5.41 Å². The van der Waals surface area contributed by atoms with Gasteiger partial charge in [0, 0.05) is 5.88 Å². The first-order chi connectivity index (χ1) is 6.43. The maximum absolute atomic E-state index is 5.07. The molecule has 0 saturated heterocycles. The zero-order valence-corrected chi connectivity index (χ0v) is 11.5. The van der Waals surface area contributed by atoms with Crippen LogP contribution >= 0.6 is 11.6 Å². The van der Waals surface area contributed by atoms with E-state index in [1.54, 1.807) is 6.08 Å². The minimum atomic E-state index is 0.344. The Morgan fingerprint density at radius 1 is 1.57 bits per heavy atom. The molecule has 0 radical (unpaired) electrons. The number of hydrogen-bond acceptors (Lipinski definition) is 0. The van der Waals surface area contributed by atoms with Gasteiger partial charge in [-0.3, -0.25) is 0 Å². The zero-order valence-electron chi connectivity index (χ0n) is 9.23. The van der Waals surface area contributed by atoms with E-state index in [0.717, 1.165) is 6.42 Å². The van der Waals surface area contributed by atoms with Crippen LogP contribution < -0.4 is 0 Å². The maximum atomic E-state index is 5.07. The summed E-state index contributed by atoms with van der Waals surface area (Å²) in [6, 6.07) is 0. The van der Waals surface area contributed by atoms with Gasteiger partial charge in [0.25, 0.3) is 0 Å². The monoisotopic (exact) mass is 245 g/mol. The quantitative estimate of drug-likeness (QED) is 0.369. The van der Waals surface area contributed by atoms with Gasteiger partial charge in [-0.2, -0.15) is 0 Å². The Labute approximate surface area is 105 Å². The molecule has 0 N–H and O–H groups in total. The van der Waals surface area contributed by atoms with E-state index in [1.807, 2.05) is 0 Å². The van der Waals surface area contributed by atoms with Gasteiger partial charge in [-0.05, 0) is 0 Å². The Kier molecular flexibility index (Phi) is 6.77. The van der Waals surface area contributed by atoms with Crippen LogP contribution in [0.3, 0.4) is 0 Å². The van der Waals surface area contributed by atoms with Crippen LogP contribution in [0.2, 0.25) is 0 Å². The predicted molar refractivity (Wildman–Crippen MR) is 61.2 cm³/mol. The van der Waals surface area contributed by atoms with Crippen molar-refractivity contribution in [1.29, 1.82) is 0 Å². The standard InChI is InChI=1S/C9H13.C3H5Cl.Ti/c1-9(2,3)8-6-4-5-7-8;1-2-3-4;/h4,6H,5H2,1-3H3;2H,1,3H2;. The van der Waals surface area contributed by atoms with Crippen molar-refractivity contribution in [2.75, 3.05) is 5.88 Å². The fourth-order valence-electron chi connectivity index (χ4n) is 1.21. The summed E-state index contributed by atoms with van der Waals surface area (Å²) in [6.45, 7) is 10.1. The van der Waals surface area contributed by atoms with Crippen LogP contribution in [0.15, 0.2) is 34.3 Å². The minimum absolute atomic E-state index is 0.344. The van der Waals surface area contributed by atoms with Gasteiger partial charge in [-0.25, -0.2) is 0 Å². The third-order valence-corrected chi connectivity index (χ3v) is 2.81. The molecule has 77 valence electrons. The number of alkyl halides is 1. The first-order valence-electron chi connectivity index (χ1n) is 4.72. The molecule has 0 aliphatic heterocycles. The van der Waals surface area contributed by atoms with Gasteiger partial charge in [-0.15, -0.1) is 18.2 Å². The van der Waals surface area contributed by atoms with Crippen LogP contribution in [0.25, 0.3) is 0 Å². The van der Waals surface area contributed by atoms with Crippen molar-refractivity contribution in [1.82, 2.24) is 0 Å². The molecule has 1 aliphatic rings. The molecule has 0 unspecified atom stereocenters. The van der Waals surface area contributed by atoms with Crippen molar-refractivity contribution in [3.63, 3.8) is 0 Å². The third-order valence-electron chi connectivity index (χ3n) is 1.85. The molecule has 0 saturated carbocycles. The first-order valence-corrected chi connectivity index (χ1v) is 6.03. The van der Waals surface area contributed by atoms with E-state index in [2.05, 4.69) is 59.9 Å². The van der Waals surface area contributed by atoms with Gasteiger partial charge in [-0.1, -0.05) is 6.08 Å². The molecular formula is C12H18ClTi.